The topological polar surface area (TPSA) is 105 Å². The maximum absolute atomic E-state index is 14.8. The van der Waals surface area contributed by atoms with E-state index >= 15 is 0 Å². The molecule has 1 aliphatic rings. The van der Waals surface area contributed by atoms with E-state index in [9.17, 15) is 22.4 Å². The minimum absolute atomic E-state index is 0.149. The number of hydrogen-bond acceptors (Lipinski definition) is 6. The van der Waals surface area contributed by atoms with E-state index in [0.717, 1.165) is 16.1 Å². The molecule has 1 aliphatic heterocycles. The van der Waals surface area contributed by atoms with Crippen LogP contribution in [0.3, 0.4) is 0 Å². The smallest absolute Gasteiger partial charge is 0.244 e. The molecule has 1 atom stereocenters. The van der Waals surface area contributed by atoms with Gasteiger partial charge in [0.25, 0.3) is 0 Å². The summed E-state index contributed by atoms with van der Waals surface area (Å²) in [5, 5.41) is 2.76. The summed E-state index contributed by atoms with van der Waals surface area (Å²) in [5.74, 6) is -0.814. The van der Waals surface area contributed by atoms with E-state index in [4.69, 9.17) is 9.47 Å². The molecule has 1 heterocycles. The molecule has 40 heavy (non-hydrogen) atoms. The van der Waals surface area contributed by atoms with Gasteiger partial charge in [-0.05, 0) is 30.7 Å². The first-order valence-electron chi connectivity index (χ1n) is 12.9. The van der Waals surface area contributed by atoms with Crippen LogP contribution in [0.15, 0.2) is 72.8 Å². The molecule has 0 spiro atoms. The van der Waals surface area contributed by atoms with Crippen molar-refractivity contribution in [3.63, 3.8) is 0 Å². The van der Waals surface area contributed by atoms with Crippen LogP contribution < -0.4 is 19.1 Å². The Morgan fingerprint density at radius 1 is 0.975 bits per heavy atom. The predicted octanol–water partition coefficient (Wildman–Crippen LogP) is 3.14. The fourth-order valence-corrected chi connectivity index (χ4v) is 5.30. The van der Waals surface area contributed by atoms with Gasteiger partial charge in [0.1, 0.15) is 31.6 Å². The fourth-order valence-electron chi connectivity index (χ4n) is 4.46. The highest BCUT2D eigenvalue weighted by Gasteiger charge is 2.33. The standard InChI is InChI=1S/C29H32FN3O6S/c1-3-31-29(35)25(17-21-9-5-4-6-10-21)32(19-22-11-7-8-12-24(22)30)28(34)20-33(40(2,36)37)23-13-14-26-27(18-23)39-16-15-38-26/h4-14,18,25H,3,15-17,19-20H2,1-2H3,(H,31,35)/t25-/m1/s1. The third kappa shape index (κ3) is 7.09. The number of nitrogens with zero attached hydrogens (tertiary/aromatic N) is 2. The predicted molar refractivity (Wildman–Crippen MR) is 149 cm³/mol. The van der Waals surface area contributed by atoms with Gasteiger partial charge in [-0.2, -0.15) is 0 Å². The van der Waals surface area contributed by atoms with Crippen LogP contribution in [0.5, 0.6) is 11.5 Å². The van der Waals surface area contributed by atoms with E-state index in [2.05, 4.69) is 5.32 Å². The van der Waals surface area contributed by atoms with Gasteiger partial charge in [0.2, 0.25) is 21.8 Å². The van der Waals surface area contributed by atoms with Gasteiger partial charge >= 0.3 is 0 Å². The molecule has 0 aromatic heterocycles. The van der Waals surface area contributed by atoms with E-state index in [1.165, 1.54) is 35.2 Å². The van der Waals surface area contributed by atoms with Crippen LogP contribution in [0, 0.1) is 5.82 Å². The number of halogens is 1. The van der Waals surface area contributed by atoms with Crippen molar-refractivity contribution >= 4 is 27.5 Å². The minimum atomic E-state index is -3.95. The second-order valence-corrected chi connectivity index (χ2v) is 11.2. The number of nitrogens with one attached hydrogen (secondary N) is 1. The summed E-state index contributed by atoms with van der Waals surface area (Å²) in [6.45, 7) is 1.90. The maximum Gasteiger partial charge on any atom is 0.244 e. The number of sulfonamides is 1. The van der Waals surface area contributed by atoms with Crippen molar-refractivity contribution in [2.45, 2.75) is 25.9 Å². The van der Waals surface area contributed by atoms with Gasteiger partial charge in [0.15, 0.2) is 11.5 Å². The highest BCUT2D eigenvalue weighted by molar-refractivity contribution is 7.92. The average Bonchev–Trinajstić information content (AvgIpc) is 2.94. The molecule has 4 rings (SSSR count). The van der Waals surface area contributed by atoms with Crippen LogP contribution in [0.1, 0.15) is 18.1 Å². The monoisotopic (exact) mass is 569 g/mol. The van der Waals surface area contributed by atoms with Gasteiger partial charge < -0.3 is 19.7 Å². The third-order valence-electron chi connectivity index (χ3n) is 6.41. The Morgan fingerprint density at radius 2 is 1.65 bits per heavy atom. The number of carbonyl (C=O) groups excluding carboxylic acids is 2. The zero-order chi connectivity index (χ0) is 28.7. The molecule has 1 N–H and O–H groups in total. The van der Waals surface area contributed by atoms with Gasteiger partial charge in [0.05, 0.1) is 11.9 Å². The number of anilines is 1. The van der Waals surface area contributed by atoms with Gasteiger partial charge in [-0.3, -0.25) is 13.9 Å². The first-order valence-corrected chi connectivity index (χ1v) is 14.7. The van der Waals surface area contributed by atoms with Crippen LogP contribution in [0.2, 0.25) is 0 Å². The number of amides is 2. The molecule has 9 nitrogen and oxygen atoms in total. The lowest BCUT2D eigenvalue weighted by Crippen LogP contribution is -2.53. The largest absolute Gasteiger partial charge is 0.486 e. The van der Waals surface area contributed by atoms with E-state index in [1.54, 1.807) is 19.1 Å². The molecule has 0 unspecified atom stereocenters. The lowest BCUT2D eigenvalue weighted by molar-refractivity contribution is -0.140. The number of ether oxygens (including phenoxy) is 2. The number of likely N-dealkylation sites (N-methyl/N-ethyl adjacent to an activating group) is 1. The summed E-state index contributed by atoms with van der Waals surface area (Å²) in [6, 6.07) is 18.7. The van der Waals surface area contributed by atoms with E-state index in [0.29, 0.717) is 31.3 Å². The van der Waals surface area contributed by atoms with Crippen LogP contribution in [0.4, 0.5) is 10.1 Å². The Hall–Kier alpha value is -4.12. The second kappa shape index (κ2) is 12.8. The molecule has 0 saturated carbocycles. The van der Waals surface area contributed by atoms with Crippen LogP contribution in [-0.4, -0.2) is 63.7 Å². The van der Waals surface area contributed by atoms with Crippen molar-refractivity contribution in [2.75, 3.05) is 36.9 Å². The SMILES string of the molecule is CCNC(=O)[C@@H](Cc1ccccc1)N(Cc1ccccc1F)C(=O)CN(c1ccc2c(c1)OCCO2)S(C)(=O)=O. The Labute approximate surface area is 233 Å². The third-order valence-corrected chi connectivity index (χ3v) is 7.55. The number of benzene rings is 3. The first kappa shape index (κ1) is 28.9. The Kier molecular flexibility index (Phi) is 9.26. The Bertz CT molecular complexity index is 1450. The zero-order valence-corrected chi connectivity index (χ0v) is 23.2. The second-order valence-electron chi connectivity index (χ2n) is 9.31. The van der Waals surface area contributed by atoms with Crippen molar-refractivity contribution in [1.29, 1.82) is 0 Å². The van der Waals surface area contributed by atoms with Crippen LogP contribution >= 0.6 is 0 Å². The minimum Gasteiger partial charge on any atom is -0.486 e. The molecular weight excluding hydrogens is 537 g/mol. The lowest BCUT2D eigenvalue weighted by Gasteiger charge is -2.33. The molecule has 2 amide bonds. The molecule has 11 heteroatoms. The zero-order valence-electron chi connectivity index (χ0n) is 22.4. The molecule has 212 valence electrons. The van der Waals surface area contributed by atoms with Crippen molar-refractivity contribution in [2.24, 2.45) is 0 Å². The normalized spacial score (nSPS) is 13.3. The van der Waals surface area contributed by atoms with Gasteiger partial charge in [-0.1, -0.05) is 48.5 Å². The highest BCUT2D eigenvalue weighted by atomic mass is 32.2. The number of fused-ring (bicyclic) bond motifs is 1. The van der Waals surface area contributed by atoms with E-state index in [1.807, 2.05) is 30.3 Å². The van der Waals surface area contributed by atoms with Crippen molar-refractivity contribution in [3.8, 4) is 11.5 Å². The van der Waals surface area contributed by atoms with Crippen LogP contribution in [0.25, 0.3) is 0 Å². The fraction of sp³-hybridized carbons (Fsp3) is 0.310. The average molecular weight is 570 g/mol. The molecule has 3 aromatic rings. The first-order chi connectivity index (χ1) is 19.2. The van der Waals surface area contributed by atoms with Crippen molar-refractivity contribution in [3.05, 3.63) is 89.7 Å². The molecule has 0 bridgehead atoms. The summed E-state index contributed by atoms with van der Waals surface area (Å²) in [5.41, 5.74) is 1.18. The molecule has 3 aromatic carbocycles. The highest BCUT2D eigenvalue weighted by Crippen LogP contribution is 2.34. The quantitative estimate of drug-likeness (QED) is 0.381. The summed E-state index contributed by atoms with van der Waals surface area (Å²) < 4.78 is 52.7. The molecule has 0 fully saturated rings. The summed E-state index contributed by atoms with van der Waals surface area (Å²) in [4.78, 5) is 28.5. The summed E-state index contributed by atoms with van der Waals surface area (Å²) in [7, 11) is -3.95. The van der Waals surface area contributed by atoms with Gasteiger partial charge in [-0.25, -0.2) is 12.8 Å². The van der Waals surface area contributed by atoms with Gasteiger partial charge in [-0.15, -0.1) is 0 Å². The van der Waals surface area contributed by atoms with E-state index < -0.39 is 40.2 Å². The number of carbonyl (C=O) groups is 2. The Balaban J connectivity index is 1.72. The van der Waals surface area contributed by atoms with Gasteiger partial charge in [0, 0.05) is 31.1 Å². The number of rotatable bonds is 11. The van der Waals surface area contributed by atoms with Crippen molar-refractivity contribution in [1.82, 2.24) is 10.2 Å². The van der Waals surface area contributed by atoms with E-state index in [-0.39, 0.29) is 24.2 Å². The molecular formula is C29H32FN3O6S. The van der Waals surface area contributed by atoms with Crippen LogP contribution in [-0.2, 0) is 32.6 Å². The molecule has 0 radical (unpaired) electrons. The maximum atomic E-state index is 14.8. The number of hydrogen-bond donors (Lipinski definition) is 1. The summed E-state index contributed by atoms with van der Waals surface area (Å²) >= 11 is 0. The summed E-state index contributed by atoms with van der Waals surface area (Å²) in [6.07, 6.45) is 1.14. The molecule has 0 aliphatic carbocycles. The van der Waals surface area contributed by atoms with Crippen molar-refractivity contribution < 1.29 is 31.9 Å². The Morgan fingerprint density at radius 3 is 2.33 bits per heavy atom. The molecule has 0 saturated heterocycles. The lowest BCUT2D eigenvalue weighted by atomic mass is 10.0.